The summed E-state index contributed by atoms with van der Waals surface area (Å²) < 4.78 is 11.0. The molecule has 2 fully saturated rings. The van der Waals surface area contributed by atoms with Gasteiger partial charge in [0.05, 0.1) is 25.8 Å². The van der Waals surface area contributed by atoms with Crippen LogP contribution in [0.25, 0.3) is 0 Å². The molecule has 4 rings (SSSR count). The number of guanidine groups is 1. The lowest BCUT2D eigenvalue weighted by atomic mass is 10.1. The number of morpholine rings is 1. The van der Waals surface area contributed by atoms with Gasteiger partial charge in [0.2, 0.25) is 0 Å². The van der Waals surface area contributed by atoms with Gasteiger partial charge in [-0.1, -0.05) is 24.3 Å². The number of hydrogen-bond acceptors (Lipinski definition) is 7. The van der Waals surface area contributed by atoms with Gasteiger partial charge in [-0.3, -0.25) is 9.89 Å². The molecule has 0 bridgehead atoms. The average Bonchev–Trinajstić information content (AvgIpc) is 3.14. The van der Waals surface area contributed by atoms with Crippen LogP contribution >= 0.6 is 24.0 Å². The van der Waals surface area contributed by atoms with E-state index in [4.69, 9.17) is 14.5 Å². The van der Waals surface area contributed by atoms with Crippen molar-refractivity contribution in [3.8, 4) is 0 Å². The quantitative estimate of drug-likeness (QED) is 0.575. The maximum absolute atomic E-state index is 12.4. The molecule has 0 aliphatic carbocycles. The van der Waals surface area contributed by atoms with Crippen LogP contribution in [0.3, 0.4) is 0 Å². The van der Waals surface area contributed by atoms with E-state index in [1.165, 1.54) is 11.1 Å². The van der Waals surface area contributed by atoms with Crippen molar-refractivity contribution in [1.29, 1.82) is 0 Å². The molecule has 1 N–H and O–H groups in total. The molecule has 3 aliphatic rings. The molecule has 3 aliphatic heterocycles. The SMILES string of the molecule is CC(C)(C)OC(=O)N1CCN2C(NCc3cccc(CN4CCOCC4)c3)=NCC2C1.I. The summed E-state index contributed by atoms with van der Waals surface area (Å²) in [5.41, 5.74) is 2.12. The summed E-state index contributed by atoms with van der Waals surface area (Å²) in [7, 11) is 0. The second-order valence-electron chi connectivity index (χ2n) is 9.50. The molecule has 9 heteroatoms. The molecule has 0 saturated carbocycles. The average molecular weight is 557 g/mol. The Morgan fingerprint density at radius 3 is 2.69 bits per heavy atom. The molecule has 0 aromatic heterocycles. The Kier molecular flexibility index (Phi) is 8.62. The molecular formula is C23H36IN5O3. The predicted molar refractivity (Wildman–Crippen MR) is 135 cm³/mol. The van der Waals surface area contributed by atoms with Crippen molar-refractivity contribution in [2.45, 2.75) is 45.5 Å². The molecular weight excluding hydrogens is 521 g/mol. The van der Waals surface area contributed by atoms with E-state index in [-0.39, 0.29) is 36.1 Å². The van der Waals surface area contributed by atoms with Crippen molar-refractivity contribution in [1.82, 2.24) is 20.0 Å². The summed E-state index contributed by atoms with van der Waals surface area (Å²) in [5.74, 6) is 0.937. The Morgan fingerprint density at radius 1 is 1.19 bits per heavy atom. The van der Waals surface area contributed by atoms with Crippen LogP contribution in [0.2, 0.25) is 0 Å². The lowest BCUT2D eigenvalue weighted by molar-refractivity contribution is 0.0137. The largest absolute Gasteiger partial charge is 0.444 e. The normalized spacial score (nSPS) is 21.5. The summed E-state index contributed by atoms with van der Waals surface area (Å²) in [4.78, 5) is 23.6. The molecule has 1 unspecified atom stereocenters. The maximum atomic E-state index is 12.4. The third-order valence-corrected chi connectivity index (χ3v) is 5.81. The molecule has 3 heterocycles. The first-order valence-corrected chi connectivity index (χ1v) is 11.3. The van der Waals surface area contributed by atoms with Gasteiger partial charge < -0.3 is 24.6 Å². The first kappa shape index (κ1) is 25.0. The third-order valence-electron chi connectivity index (χ3n) is 5.81. The van der Waals surface area contributed by atoms with Gasteiger partial charge in [-0.05, 0) is 31.9 Å². The van der Waals surface area contributed by atoms with E-state index in [2.05, 4.69) is 39.4 Å². The van der Waals surface area contributed by atoms with Crippen LogP contribution in [0, 0.1) is 0 Å². The van der Waals surface area contributed by atoms with Gasteiger partial charge in [-0.25, -0.2) is 4.79 Å². The standard InChI is InChI=1S/C23H35N5O3.HI/c1-23(2,3)31-22(29)27-7-8-28-20(17-27)15-25-21(28)24-14-18-5-4-6-19(13-18)16-26-9-11-30-12-10-26;/h4-6,13,20H,7-12,14-17H2,1-3H3,(H,24,25);1H. The van der Waals surface area contributed by atoms with Crippen molar-refractivity contribution in [3.05, 3.63) is 35.4 Å². The molecule has 1 amide bonds. The number of carbonyl (C=O) groups excluding carboxylic acids is 1. The van der Waals surface area contributed by atoms with E-state index in [0.717, 1.165) is 51.9 Å². The molecule has 32 heavy (non-hydrogen) atoms. The molecule has 8 nitrogen and oxygen atoms in total. The van der Waals surface area contributed by atoms with Crippen molar-refractivity contribution < 1.29 is 14.3 Å². The van der Waals surface area contributed by atoms with E-state index in [9.17, 15) is 4.79 Å². The summed E-state index contributed by atoms with van der Waals surface area (Å²) in [6.45, 7) is 13.8. The van der Waals surface area contributed by atoms with Crippen LogP contribution in [0.4, 0.5) is 4.79 Å². The number of amides is 1. The lowest BCUT2D eigenvalue weighted by Crippen LogP contribution is -2.57. The zero-order valence-corrected chi connectivity index (χ0v) is 21.7. The smallest absolute Gasteiger partial charge is 0.410 e. The third kappa shape index (κ3) is 6.71. The van der Waals surface area contributed by atoms with Gasteiger partial charge in [-0.2, -0.15) is 0 Å². The Labute approximate surface area is 208 Å². The number of rotatable bonds is 4. The first-order valence-electron chi connectivity index (χ1n) is 11.3. The van der Waals surface area contributed by atoms with Gasteiger partial charge in [-0.15, -0.1) is 24.0 Å². The van der Waals surface area contributed by atoms with Crippen molar-refractivity contribution in [2.24, 2.45) is 4.99 Å². The molecule has 1 aromatic carbocycles. The Balaban J connectivity index is 0.00000289. The predicted octanol–water partition coefficient (Wildman–Crippen LogP) is 2.52. The summed E-state index contributed by atoms with van der Waals surface area (Å²) >= 11 is 0. The number of ether oxygens (including phenoxy) is 2. The van der Waals surface area contributed by atoms with Gasteiger partial charge in [0, 0.05) is 45.8 Å². The number of carbonyl (C=O) groups is 1. The van der Waals surface area contributed by atoms with Crippen LogP contribution in [0.1, 0.15) is 31.9 Å². The maximum Gasteiger partial charge on any atom is 0.410 e. The first-order chi connectivity index (χ1) is 14.9. The highest BCUT2D eigenvalue weighted by Gasteiger charge is 2.36. The minimum atomic E-state index is -0.469. The fourth-order valence-corrected chi connectivity index (χ4v) is 4.26. The van der Waals surface area contributed by atoms with E-state index in [1.807, 2.05) is 20.8 Å². The van der Waals surface area contributed by atoms with Gasteiger partial charge in [0.15, 0.2) is 5.96 Å². The van der Waals surface area contributed by atoms with Crippen LogP contribution < -0.4 is 5.32 Å². The van der Waals surface area contributed by atoms with Crippen molar-refractivity contribution >= 4 is 36.0 Å². The van der Waals surface area contributed by atoms with Crippen LogP contribution in [-0.4, -0.2) is 90.9 Å². The molecule has 178 valence electrons. The van der Waals surface area contributed by atoms with E-state index < -0.39 is 5.60 Å². The highest BCUT2D eigenvalue weighted by molar-refractivity contribution is 14.0. The van der Waals surface area contributed by atoms with Crippen molar-refractivity contribution in [2.75, 3.05) is 52.5 Å². The van der Waals surface area contributed by atoms with E-state index >= 15 is 0 Å². The van der Waals surface area contributed by atoms with E-state index in [0.29, 0.717) is 19.6 Å². The fourth-order valence-electron chi connectivity index (χ4n) is 4.26. The number of benzene rings is 1. The molecule has 1 aromatic rings. The number of hydrogen-bond donors (Lipinski definition) is 1. The highest BCUT2D eigenvalue weighted by atomic mass is 127. The van der Waals surface area contributed by atoms with Crippen LogP contribution in [0.5, 0.6) is 0 Å². The zero-order valence-electron chi connectivity index (χ0n) is 19.4. The number of nitrogens with one attached hydrogen (secondary N) is 1. The van der Waals surface area contributed by atoms with Crippen LogP contribution in [-0.2, 0) is 22.6 Å². The van der Waals surface area contributed by atoms with E-state index in [1.54, 1.807) is 4.90 Å². The molecule has 2 saturated heterocycles. The number of piperazine rings is 1. The molecule has 0 radical (unpaired) electrons. The highest BCUT2D eigenvalue weighted by Crippen LogP contribution is 2.19. The number of aliphatic imine (C=N–C) groups is 1. The van der Waals surface area contributed by atoms with Gasteiger partial charge >= 0.3 is 6.09 Å². The van der Waals surface area contributed by atoms with Gasteiger partial charge in [0.25, 0.3) is 0 Å². The number of fused-ring (bicyclic) bond motifs is 1. The molecule has 1 atom stereocenters. The van der Waals surface area contributed by atoms with Crippen molar-refractivity contribution in [3.63, 3.8) is 0 Å². The Hall–Kier alpha value is -1.59. The minimum Gasteiger partial charge on any atom is -0.444 e. The topological polar surface area (TPSA) is 69.6 Å². The lowest BCUT2D eigenvalue weighted by Gasteiger charge is -2.39. The fraction of sp³-hybridized carbons (Fsp3) is 0.652. The monoisotopic (exact) mass is 557 g/mol. The summed E-state index contributed by atoms with van der Waals surface area (Å²) in [5, 5.41) is 3.52. The summed E-state index contributed by atoms with van der Waals surface area (Å²) in [6, 6.07) is 8.97. The second kappa shape index (κ2) is 11.0. The summed E-state index contributed by atoms with van der Waals surface area (Å²) in [6.07, 6.45) is -0.231. The second-order valence-corrected chi connectivity index (χ2v) is 9.50. The minimum absolute atomic E-state index is 0. The number of nitrogens with zero attached hydrogens (tertiary/aromatic N) is 4. The Morgan fingerprint density at radius 2 is 1.94 bits per heavy atom. The van der Waals surface area contributed by atoms with Gasteiger partial charge in [0.1, 0.15) is 5.60 Å². The zero-order chi connectivity index (χ0) is 21.8. The number of halogens is 1. The molecule has 0 spiro atoms. The Bertz CT molecular complexity index is 807. The van der Waals surface area contributed by atoms with Crippen LogP contribution in [0.15, 0.2) is 29.3 Å².